The monoisotopic (exact) mass is 357 g/mol. The Morgan fingerprint density at radius 3 is 2.81 bits per heavy atom. The van der Waals surface area contributed by atoms with Crippen LogP contribution in [0.5, 0.6) is 0 Å². The summed E-state index contributed by atoms with van der Waals surface area (Å²) in [6.45, 7) is 4.57. The van der Waals surface area contributed by atoms with Crippen LogP contribution in [0.15, 0.2) is 24.5 Å². The number of ether oxygens (including phenoxy) is 1. The molecule has 2 amide bonds. The fraction of sp³-hybridized carbons (Fsp3) is 0.714. The fourth-order valence-corrected chi connectivity index (χ4v) is 5.07. The van der Waals surface area contributed by atoms with Gasteiger partial charge in [0.1, 0.15) is 0 Å². The van der Waals surface area contributed by atoms with Crippen molar-refractivity contribution >= 4 is 6.03 Å². The molecule has 0 radical (unpaired) electrons. The first-order chi connectivity index (χ1) is 12.7. The number of hydrogen-bond donors (Lipinski definition) is 1. The number of carbonyl (C=O) groups is 1. The maximum absolute atomic E-state index is 12.7. The summed E-state index contributed by atoms with van der Waals surface area (Å²) in [6.07, 6.45) is 12.0. The summed E-state index contributed by atoms with van der Waals surface area (Å²) in [7, 11) is 0. The second kappa shape index (κ2) is 7.55. The Kier molecular flexibility index (Phi) is 5.16. The van der Waals surface area contributed by atoms with E-state index in [1.807, 2.05) is 23.4 Å². The molecule has 2 heterocycles. The molecule has 0 bridgehead atoms. The lowest BCUT2D eigenvalue weighted by atomic mass is 9.51. The molecule has 5 nitrogen and oxygen atoms in total. The standard InChI is InChI=1S/C21H31N3O2/c1-2-26-19-14-18(21(19)8-4-9-21)23-20(25)24-11-6-16(7-12-24)13-17-5-3-10-22-15-17/h3,5,10,15-16,18-19H,2,4,6-9,11-14H2,1H3,(H,23,25). The van der Waals surface area contributed by atoms with Crippen LogP contribution in [0, 0.1) is 11.3 Å². The van der Waals surface area contributed by atoms with Crippen molar-refractivity contribution in [2.45, 2.75) is 64.0 Å². The van der Waals surface area contributed by atoms with Gasteiger partial charge in [-0.3, -0.25) is 4.98 Å². The third-order valence-corrected chi connectivity index (χ3v) is 6.88. The highest BCUT2D eigenvalue weighted by molar-refractivity contribution is 5.75. The van der Waals surface area contributed by atoms with Crippen LogP contribution < -0.4 is 5.32 Å². The van der Waals surface area contributed by atoms with Gasteiger partial charge in [-0.15, -0.1) is 0 Å². The highest BCUT2D eigenvalue weighted by atomic mass is 16.5. The number of carbonyl (C=O) groups excluding carboxylic acids is 1. The summed E-state index contributed by atoms with van der Waals surface area (Å²) in [4.78, 5) is 18.9. The van der Waals surface area contributed by atoms with Crippen LogP contribution in [0.2, 0.25) is 0 Å². The first-order valence-electron chi connectivity index (χ1n) is 10.3. The van der Waals surface area contributed by atoms with Crippen molar-refractivity contribution in [2.24, 2.45) is 11.3 Å². The number of hydrogen-bond acceptors (Lipinski definition) is 3. The summed E-state index contributed by atoms with van der Waals surface area (Å²) in [5, 5.41) is 3.33. The van der Waals surface area contributed by atoms with Gasteiger partial charge in [0.25, 0.3) is 0 Å². The lowest BCUT2D eigenvalue weighted by Crippen LogP contribution is -2.68. The zero-order valence-electron chi connectivity index (χ0n) is 15.8. The number of amides is 2. The Bertz CT molecular complexity index is 609. The Balaban J connectivity index is 1.24. The number of pyridine rings is 1. The molecule has 2 aliphatic carbocycles. The van der Waals surface area contributed by atoms with Crippen LogP contribution in [0.3, 0.4) is 0 Å². The van der Waals surface area contributed by atoms with E-state index >= 15 is 0 Å². The topological polar surface area (TPSA) is 54.5 Å². The molecule has 4 rings (SSSR count). The molecule has 3 fully saturated rings. The molecule has 5 heteroatoms. The molecule has 1 aliphatic heterocycles. The van der Waals surface area contributed by atoms with Crippen LogP contribution in [-0.2, 0) is 11.2 Å². The molecule has 2 saturated carbocycles. The van der Waals surface area contributed by atoms with Crippen LogP contribution in [0.1, 0.15) is 51.0 Å². The molecule has 26 heavy (non-hydrogen) atoms. The number of aromatic nitrogens is 1. The summed E-state index contributed by atoms with van der Waals surface area (Å²) >= 11 is 0. The van der Waals surface area contributed by atoms with E-state index in [2.05, 4.69) is 23.3 Å². The average molecular weight is 357 g/mol. The van der Waals surface area contributed by atoms with Gasteiger partial charge in [0.15, 0.2) is 0 Å². The third-order valence-electron chi connectivity index (χ3n) is 6.88. The first kappa shape index (κ1) is 17.8. The molecular weight excluding hydrogens is 326 g/mol. The molecular formula is C21H31N3O2. The second-order valence-electron chi connectivity index (χ2n) is 8.26. The van der Waals surface area contributed by atoms with E-state index in [0.717, 1.165) is 45.4 Å². The number of rotatable bonds is 5. The second-order valence-corrected chi connectivity index (χ2v) is 8.26. The molecule has 1 saturated heterocycles. The number of piperidine rings is 1. The number of nitrogens with zero attached hydrogens (tertiary/aromatic N) is 2. The van der Waals surface area contributed by atoms with Crippen molar-refractivity contribution in [2.75, 3.05) is 19.7 Å². The van der Waals surface area contributed by atoms with E-state index in [9.17, 15) is 4.79 Å². The van der Waals surface area contributed by atoms with Gasteiger partial charge in [-0.25, -0.2) is 4.79 Å². The van der Waals surface area contributed by atoms with Gasteiger partial charge in [-0.05, 0) is 63.0 Å². The molecule has 142 valence electrons. The van der Waals surface area contributed by atoms with Crippen molar-refractivity contribution < 1.29 is 9.53 Å². The Morgan fingerprint density at radius 2 is 2.19 bits per heavy atom. The lowest BCUT2D eigenvalue weighted by molar-refractivity contribution is -0.170. The van der Waals surface area contributed by atoms with Crippen molar-refractivity contribution in [3.63, 3.8) is 0 Å². The predicted molar refractivity (Wildman–Crippen MR) is 101 cm³/mol. The lowest BCUT2D eigenvalue weighted by Gasteiger charge is -2.61. The van der Waals surface area contributed by atoms with Gasteiger partial charge in [-0.1, -0.05) is 12.5 Å². The van der Waals surface area contributed by atoms with E-state index < -0.39 is 0 Å². The molecule has 2 atom stereocenters. The van der Waals surface area contributed by atoms with E-state index in [-0.39, 0.29) is 11.4 Å². The van der Waals surface area contributed by atoms with Gasteiger partial charge in [-0.2, -0.15) is 0 Å². The van der Waals surface area contributed by atoms with E-state index in [1.54, 1.807) is 0 Å². The van der Waals surface area contributed by atoms with E-state index in [4.69, 9.17) is 4.74 Å². The highest BCUT2D eigenvalue weighted by Gasteiger charge is 2.59. The van der Waals surface area contributed by atoms with Gasteiger partial charge in [0.2, 0.25) is 0 Å². The third kappa shape index (κ3) is 3.34. The molecule has 1 spiro atoms. The van der Waals surface area contributed by atoms with E-state index in [1.165, 1.54) is 24.8 Å². The summed E-state index contributed by atoms with van der Waals surface area (Å²) in [6, 6.07) is 4.60. The van der Waals surface area contributed by atoms with Crippen molar-refractivity contribution in [1.82, 2.24) is 15.2 Å². The van der Waals surface area contributed by atoms with Crippen molar-refractivity contribution in [1.29, 1.82) is 0 Å². The Labute approximate surface area is 156 Å². The highest BCUT2D eigenvalue weighted by Crippen LogP contribution is 2.57. The first-order valence-corrected chi connectivity index (χ1v) is 10.3. The number of nitrogens with one attached hydrogen (secondary N) is 1. The minimum absolute atomic E-state index is 0.135. The average Bonchev–Trinajstić information content (AvgIpc) is 2.61. The Morgan fingerprint density at radius 1 is 1.38 bits per heavy atom. The fourth-order valence-electron chi connectivity index (χ4n) is 5.07. The quantitative estimate of drug-likeness (QED) is 0.879. The van der Waals surface area contributed by atoms with Gasteiger partial charge >= 0.3 is 6.03 Å². The van der Waals surface area contributed by atoms with Crippen molar-refractivity contribution in [3.05, 3.63) is 30.1 Å². The molecule has 0 aromatic carbocycles. The van der Waals surface area contributed by atoms with Gasteiger partial charge in [0.05, 0.1) is 6.10 Å². The van der Waals surface area contributed by atoms with Gasteiger partial charge in [0, 0.05) is 43.5 Å². The Hall–Kier alpha value is -1.62. The largest absolute Gasteiger partial charge is 0.378 e. The number of urea groups is 1. The molecule has 3 aliphatic rings. The summed E-state index contributed by atoms with van der Waals surface area (Å²) < 4.78 is 5.89. The number of likely N-dealkylation sites (tertiary alicyclic amines) is 1. The molecule has 1 aromatic rings. The molecule has 1 aromatic heterocycles. The van der Waals surface area contributed by atoms with Crippen LogP contribution in [0.4, 0.5) is 4.79 Å². The van der Waals surface area contributed by atoms with E-state index in [0.29, 0.717) is 18.1 Å². The molecule has 1 N–H and O–H groups in total. The van der Waals surface area contributed by atoms with Crippen LogP contribution >= 0.6 is 0 Å². The van der Waals surface area contributed by atoms with Crippen molar-refractivity contribution in [3.8, 4) is 0 Å². The minimum Gasteiger partial charge on any atom is -0.378 e. The normalized spacial score (nSPS) is 27.7. The van der Waals surface area contributed by atoms with Gasteiger partial charge < -0.3 is 15.0 Å². The predicted octanol–water partition coefficient (Wildman–Crippen LogP) is 3.39. The zero-order valence-corrected chi connectivity index (χ0v) is 15.8. The maximum Gasteiger partial charge on any atom is 0.317 e. The van der Waals surface area contributed by atoms with Crippen LogP contribution in [-0.4, -0.2) is 47.8 Å². The summed E-state index contributed by atoms with van der Waals surface area (Å²) in [5.41, 5.74) is 1.54. The maximum atomic E-state index is 12.7. The SMILES string of the molecule is CCOC1CC(NC(=O)N2CCC(Cc3cccnc3)CC2)C12CCC2. The zero-order chi connectivity index (χ0) is 18.0. The minimum atomic E-state index is 0.135. The summed E-state index contributed by atoms with van der Waals surface area (Å²) in [5.74, 6) is 0.660. The van der Waals surface area contributed by atoms with Crippen LogP contribution in [0.25, 0.3) is 0 Å². The smallest absolute Gasteiger partial charge is 0.317 e. The molecule has 2 unspecified atom stereocenters.